The minimum absolute atomic E-state index is 0.0210. The van der Waals surface area contributed by atoms with E-state index in [4.69, 9.17) is 21.1 Å². The standard InChI is InChI=1S/C39H45ClF3N3O5Si/c1-52(2)29-23-25(45-15-7-16-45)9-11-27(29)31(28-12-10-26(24-30(28)52)46-17-8-18-46)32-33(39(48)49)36(42)37(43)34(35(32)41)38(47)44-14-20-51-22-21-50-19-6-4-3-5-13-40/h9-12,23-24H,3-8,13-22H2,1-2H3,(H-,44,47,48,49)/p+1. The molecule has 13 heteroatoms. The predicted octanol–water partition coefficient (Wildman–Crippen LogP) is 6.20. The molecule has 6 rings (SSSR count). The number of aromatic carboxylic acids is 1. The fourth-order valence-corrected chi connectivity index (χ4v) is 10.5. The van der Waals surface area contributed by atoms with Crippen LogP contribution in [-0.4, -0.2) is 100 Å². The molecule has 1 aliphatic carbocycles. The second-order valence-corrected chi connectivity index (χ2v) is 18.8. The zero-order valence-corrected chi connectivity index (χ0v) is 31.5. The molecule has 0 saturated carbocycles. The van der Waals surface area contributed by atoms with Gasteiger partial charge in [0.1, 0.15) is 38.1 Å². The van der Waals surface area contributed by atoms with E-state index in [1.807, 2.05) is 24.3 Å². The van der Waals surface area contributed by atoms with E-state index in [1.54, 1.807) is 0 Å². The monoisotopic (exact) mass is 756 g/mol. The average Bonchev–Trinajstić information content (AvgIpc) is 3.06. The number of anilines is 1. The predicted molar refractivity (Wildman–Crippen MR) is 200 cm³/mol. The number of carbonyl (C=O) groups excluding carboxylic acids is 1. The molecule has 0 radical (unpaired) electrons. The van der Waals surface area contributed by atoms with Crippen LogP contribution in [0.3, 0.4) is 0 Å². The largest absolute Gasteiger partial charge is 0.478 e. The summed E-state index contributed by atoms with van der Waals surface area (Å²) >= 11 is 5.68. The Morgan fingerprint density at radius 2 is 1.63 bits per heavy atom. The first-order valence-electron chi connectivity index (χ1n) is 18.2. The number of hydrogen-bond acceptors (Lipinski definition) is 5. The van der Waals surface area contributed by atoms with Crippen LogP contribution in [0.25, 0.3) is 5.57 Å². The normalized spacial score (nSPS) is 17.3. The van der Waals surface area contributed by atoms with E-state index in [2.05, 4.69) is 40.0 Å². The summed E-state index contributed by atoms with van der Waals surface area (Å²) in [6.45, 7) is 9.09. The van der Waals surface area contributed by atoms with Gasteiger partial charge >= 0.3 is 5.97 Å². The van der Waals surface area contributed by atoms with Crippen molar-refractivity contribution in [2.75, 3.05) is 69.9 Å². The number of hydrogen-bond donors (Lipinski definition) is 2. The molecule has 278 valence electrons. The Morgan fingerprint density at radius 1 is 0.923 bits per heavy atom. The Bertz CT molecular complexity index is 1870. The zero-order chi connectivity index (χ0) is 37.0. The van der Waals surface area contributed by atoms with Crippen LogP contribution in [0.2, 0.25) is 13.1 Å². The van der Waals surface area contributed by atoms with Gasteiger partial charge in [-0.05, 0) is 64.6 Å². The first-order chi connectivity index (χ1) is 25.1. The van der Waals surface area contributed by atoms with Gasteiger partial charge in [0.25, 0.3) is 5.91 Å². The third kappa shape index (κ3) is 7.53. The van der Waals surface area contributed by atoms with Crippen molar-refractivity contribution >= 4 is 53.7 Å². The Labute approximate surface area is 308 Å². The van der Waals surface area contributed by atoms with Gasteiger partial charge in [-0.1, -0.05) is 32.0 Å². The molecule has 0 bridgehead atoms. The molecule has 0 aromatic heterocycles. The molecule has 2 aromatic rings. The van der Waals surface area contributed by atoms with E-state index in [1.165, 1.54) is 0 Å². The van der Waals surface area contributed by atoms with Gasteiger partial charge in [0, 0.05) is 55.5 Å². The number of amides is 1. The number of fused-ring (bicyclic) bond motifs is 2. The maximum atomic E-state index is 16.9. The van der Waals surface area contributed by atoms with Gasteiger partial charge in [-0.2, -0.15) is 0 Å². The smallest absolute Gasteiger partial charge is 0.339 e. The minimum Gasteiger partial charge on any atom is -0.478 e. The second kappa shape index (κ2) is 16.5. The molecule has 2 N–H and O–H groups in total. The summed E-state index contributed by atoms with van der Waals surface area (Å²) in [7, 11) is -2.52. The van der Waals surface area contributed by atoms with Crippen LogP contribution < -0.4 is 15.4 Å². The lowest BCUT2D eigenvalue weighted by atomic mass is 9.85. The number of carboxylic acids is 1. The van der Waals surface area contributed by atoms with Crippen LogP contribution in [0.4, 0.5) is 18.9 Å². The summed E-state index contributed by atoms with van der Waals surface area (Å²) in [4.78, 5) is 28.3. The first kappa shape index (κ1) is 38.0. The van der Waals surface area contributed by atoms with E-state index in [-0.39, 0.29) is 25.3 Å². The number of carbonyl (C=O) groups is 2. The van der Waals surface area contributed by atoms with Crippen LogP contribution >= 0.6 is 11.6 Å². The fraction of sp³-hybridized carbons (Fsp3) is 0.462. The van der Waals surface area contributed by atoms with Crippen molar-refractivity contribution in [2.45, 2.75) is 51.6 Å². The molecule has 0 spiro atoms. The first-order valence-corrected chi connectivity index (χ1v) is 21.7. The van der Waals surface area contributed by atoms with Gasteiger partial charge in [0.05, 0.1) is 26.2 Å². The van der Waals surface area contributed by atoms with Crippen molar-refractivity contribution in [1.29, 1.82) is 0 Å². The Morgan fingerprint density at radius 3 is 2.29 bits per heavy atom. The van der Waals surface area contributed by atoms with Gasteiger partial charge < -0.3 is 24.8 Å². The van der Waals surface area contributed by atoms with Gasteiger partial charge in [0.15, 0.2) is 17.3 Å². The quantitative estimate of drug-likeness (QED) is 0.0698. The number of benzene rings is 2. The van der Waals surface area contributed by atoms with Crippen molar-refractivity contribution in [3.05, 3.63) is 86.9 Å². The number of alkyl halides is 1. The van der Waals surface area contributed by atoms with Crippen LogP contribution in [-0.2, 0) is 9.47 Å². The van der Waals surface area contributed by atoms with Crippen molar-refractivity contribution < 1.29 is 41.9 Å². The van der Waals surface area contributed by atoms with Gasteiger partial charge in [-0.15, -0.1) is 11.6 Å². The average molecular weight is 757 g/mol. The molecule has 3 heterocycles. The topological polar surface area (TPSA) is 91.1 Å². The molecule has 2 saturated heterocycles. The lowest BCUT2D eigenvalue weighted by Crippen LogP contribution is -2.50. The zero-order valence-electron chi connectivity index (χ0n) is 29.8. The number of halogens is 4. The highest BCUT2D eigenvalue weighted by atomic mass is 35.5. The van der Waals surface area contributed by atoms with E-state index < -0.39 is 54.1 Å². The van der Waals surface area contributed by atoms with Gasteiger partial charge in [-0.25, -0.2) is 22.5 Å². The lowest BCUT2D eigenvalue weighted by Gasteiger charge is -2.40. The molecule has 52 heavy (non-hydrogen) atoms. The molecular weight excluding hydrogens is 711 g/mol. The van der Waals surface area contributed by atoms with E-state index in [9.17, 15) is 14.7 Å². The van der Waals surface area contributed by atoms with Crippen LogP contribution in [0, 0.1) is 17.5 Å². The second-order valence-electron chi connectivity index (χ2n) is 14.1. The molecular formula is C39H46ClF3N3O5Si+. The molecule has 1 amide bonds. The fourth-order valence-electron chi connectivity index (χ4n) is 7.23. The Hall–Kier alpha value is -3.71. The molecule has 4 aliphatic rings. The van der Waals surface area contributed by atoms with Crippen molar-refractivity contribution in [1.82, 2.24) is 5.32 Å². The number of nitrogens with one attached hydrogen (secondary N) is 1. The highest BCUT2D eigenvalue weighted by Crippen LogP contribution is 2.45. The van der Waals surface area contributed by atoms with E-state index in [0.717, 1.165) is 86.5 Å². The van der Waals surface area contributed by atoms with Crippen LogP contribution in [0.15, 0.2) is 47.2 Å². The van der Waals surface area contributed by atoms with Crippen molar-refractivity contribution in [3.8, 4) is 0 Å². The maximum absolute atomic E-state index is 16.9. The summed E-state index contributed by atoms with van der Waals surface area (Å²) in [6, 6.07) is 5.82. The minimum atomic E-state index is -2.52. The number of nitrogens with zero attached hydrogens (tertiary/aromatic N) is 2. The number of rotatable bonds is 16. The lowest BCUT2D eigenvalue weighted by molar-refractivity contribution is -0.582. The van der Waals surface area contributed by atoms with Crippen molar-refractivity contribution in [2.24, 2.45) is 0 Å². The third-order valence-corrected chi connectivity index (χ3v) is 14.2. The molecule has 0 atom stereocenters. The number of carboxylic acid groups (broad SMARTS) is 1. The molecule has 2 fully saturated rings. The summed E-state index contributed by atoms with van der Waals surface area (Å²) < 4.78 is 61.7. The number of allylic oxidation sites excluding steroid dienone is 5. The molecule has 2 aromatic carbocycles. The van der Waals surface area contributed by atoms with Crippen LogP contribution in [0.1, 0.15) is 70.4 Å². The van der Waals surface area contributed by atoms with Crippen molar-refractivity contribution in [3.63, 3.8) is 0 Å². The number of unbranched alkanes of at least 4 members (excludes halogenated alkanes) is 3. The maximum Gasteiger partial charge on any atom is 0.339 e. The summed E-state index contributed by atoms with van der Waals surface area (Å²) in [5.74, 6) is -7.48. The molecule has 3 aliphatic heterocycles. The number of ether oxygens (including phenoxy) is 2. The van der Waals surface area contributed by atoms with Gasteiger partial charge in [0.2, 0.25) is 0 Å². The molecule has 8 nitrogen and oxygen atoms in total. The summed E-state index contributed by atoms with van der Waals surface area (Å²) in [5.41, 5.74) is 0.264. The van der Waals surface area contributed by atoms with Crippen LogP contribution in [0.5, 0.6) is 0 Å². The Balaban J connectivity index is 1.33. The highest BCUT2D eigenvalue weighted by molar-refractivity contribution is 6.98. The summed E-state index contributed by atoms with van der Waals surface area (Å²) in [6.07, 6.45) is 11.9. The van der Waals surface area contributed by atoms with Gasteiger partial charge in [-0.3, -0.25) is 4.79 Å². The Kier molecular flexibility index (Phi) is 12.1. The SMILES string of the molecule is C[Si]1(C)C2=CC(=[N+]3CCC3)C=CC2=C(c2c(F)c(C(=O)NCCOCCOCCCCCCCl)c(F)c(F)c2C(=O)O)c2ccc(N3CCC3)cc21. The molecule has 0 unspecified atom stereocenters. The van der Waals surface area contributed by atoms with E-state index >= 15 is 13.2 Å². The third-order valence-electron chi connectivity index (χ3n) is 10.4. The highest BCUT2D eigenvalue weighted by Gasteiger charge is 2.44. The van der Waals surface area contributed by atoms with E-state index in [0.29, 0.717) is 30.2 Å². The summed E-state index contributed by atoms with van der Waals surface area (Å²) in [5, 5.41) is 14.5.